The number of hydrogen-bond acceptors (Lipinski definition) is 7. The summed E-state index contributed by atoms with van der Waals surface area (Å²) < 4.78 is 16.5. The van der Waals surface area contributed by atoms with Crippen molar-refractivity contribution >= 4 is 28.3 Å². The normalized spacial score (nSPS) is 10.7. The predicted octanol–water partition coefficient (Wildman–Crippen LogP) is 4.49. The zero-order chi connectivity index (χ0) is 21.5. The van der Waals surface area contributed by atoms with Gasteiger partial charge in [-0.1, -0.05) is 31.1 Å². The van der Waals surface area contributed by atoms with Crippen LogP contribution in [0.4, 0.5) is 11.4 Å². The van der Waals surface area contributed by atoms with E-state index in [1.165, 1.54) is 12.1 Å². The van der Waals surface area contributed by atoms with Gasteiger partial charge in [0, 0.05) is 11.5 Å². The summed E-state index contributed by atoms with van der Waals surface area (Å²) in [6.45, 7) is 4.69. The van der Waals surface area contributed by atoms with Gasteiger partial charge in [0.2, 0.25) is 5.91 Å². The van der Waals surface area contributed by atoms with E-state index in [1.807, 2.05) is 19.9 Å². The fourth-order valence-corrected chi connectivity index (χ4v) is 2.86. The number of nitro groups is 1. The Morgan fingerprint density at radius 3 is 2.47 bits per heavy atom. The lowest BCUT2D eigenvalue weighted by Gasteiger charge is -2.14. The molecule has 1 amide bonds. The largest absolute Gasteiger partial charge is 0.490 e. The fraction of sp³-hybridized carbons (Fsp3) is 0.333. The number of ether oxygens (including phenoxy) is 2. The van der Waals surface area contributed by atoms with Gasteiger partial charge in [0.25, 0.3) is 5.69 Å². The Morgan fingerprint density at radius 2 is 1.80 bits per heavy atom. The van der Waals surface area contributed by atoms with Gasteiger partial charge < -0.3 is 19.3 Å². The van der Waals surface area contributed by atoms with Crippen LogP contribution in [0.2, 0.25) is 0 Å². The van der Waals surface area contributed by atoms with Gasteiger partial charge in [0.05, 0.1) is 30.6 Å². The minimum atomic E-state index is -0.566. The monoisotopic (exact) mass is 413 g/mol. The molecule has 0 unspecified atom stereocenters. The van der Waals surface area contributed by atoms with Gasteiger partial charge in [0.15, 0.2) is 17.1 Å². The van der Waals surface area contributed by atoms with Crippen LogP contribution >= 0.6 is 0 Å². The number of nitrogens with one attached hydrogen (secondary N) is 1. The summed E-state index contributed by atoms with van der Waals surface area (Å²) in [7, 11) is 0. The zero-order valence-corrected chi connectivity index (χ0v) is 16.8. The molecule has 3 aromatic rings. The van der Waals surface area contributed by atoms with E-state index in [0.717, 1.165) is 18.2 Å². The second-order valence-electron chi connectivity index (χ2n) is 6.62. The zero-order valence-electron chi connectivity index (χ0n) is 16.8. The second-order valence-corrected chi connectivity index (χ2v) is 6.62. The molecule has 2 aromatic carbocycles. The molecular weight excluding hydrogens is 390 g/mol. The number of amides is 1. The number of anilines is 1. The first-order valence-corrected chi connectivity index (χ1v) is 9.74. The number of benzene rings is 2. The van der Waals surface area contributed by atoms with Crippen LogP contribution in [0.5, 0.6) is 11.5 Å². The van der Waals surface area contributed by atoms with Crippen molar-refractivity contribution in [3.8, 4) is 11.5 Å². The van der Waals surface area contributed by atoms with Crippen LogP contribution in [0.25, 0.3) is 11.0 Å². The molecule has 0 aliphatic carbocycles. The van der Waals surface area contributed by atoms with E-state index in [2.05, 4.69) is 10.5 Å². The molecule has 0 saturated heterocycles. The Morgan fingerprint density at radius 1 is 1.13 bits per heavy atom. The van der Waals surface area contributed by atoms with E-state index < -0.39 is 10.8 Å². The van der Waals surface area contributed by atoms with Crippen molar-refractivity contribution < 1.29 is 23.7 Å². The van der Waals surface area contributed by atoms with Crippen LogP contribution in [-0.2, 0) is 11.2 Å². The van der Waals surface area contributed by atoms with Gasteiger partial charge in [0.1, 0.15) is 11.4 Å². The molecular formula is C21H23N3O6. The third-order valence-corrected chi connectivity index (χ3v) is 4.24. The summed E-state index contributed by atoms with van der Waals surface area (Å²) >= 11 is 0. The van der Waals surface area contributed by atoms with Gasteiger partial charge in [-0.25, -0.2) is 0 Å². The summed E-state index contributed by atoms with van der Waals surface area (Å²) in [5, 5.41) is 18.8. The summed E-state index contributed by atoms with van der Waals surface area (Å²) in [5.74, 6) is 0.163. The topological polar surface area (TPSA) is 117 Å². The molecule has 0 saturated carbocycles. The molecule has 9 heteroatoms. The number of nitro benzene ring substituents is 1. The smallest absolute Gasteiger partial charge is 0.296 e. The highest BCUT2D eigenvalue weighted by Gasteiger charge is 2.22. The standard InChI is InChI=1S/C21H23N3O6/c1-3-9-28-19-11-16(17(24(26)27)13-20(19)29-10-4-2)22-21(25)12-15-14-7-5-6-8-18(14)30-23-15/h5-8,11,13H,3-4,9-10,12H2,1-2H3,(H,22,25). The Balaban J connectivity index is 1.86. The molecule has 1 aromatic heterocycles. The minimum absolute atomic E-state index is 0.0350. The highest BCUT2D eigenvalue weighted by molar-refractivity contribution is 5.96. The molecule has 0 aliphatic rings. The van der Waals surface area contributed by atoms with Crippen molar-refractivity contribution in [1.29, 1.82) is 0 Å². The Hall–Kier alpha value is -3.62. The number of hydrogen-bond donors (Lipinski definition) is 1. The molecule has 30 heavy (non-hydrogen) atoms. The number of carbonyl (C=O) groups excluding carboxylic acids is 1. The molecule has 3 rings (SSSR count). The van der Waals surface area contributed by atoms with Crippen LogP contribution in [0.1, 0.15) is 32.4 Å². The number of nitrogens with zero attached hydrogens (tertiary/aromatic N) is 2. The molecule has 158 valence electrons. The maximum Gasteiger partial charge on any atom is 0.296 e. The third kappa shape index (κ3) is 4.86. The first-order chi connectivity index (χ1) is 14.5. The van der Waals surface area contributed by atoms with E-state index >= 15 is 0 Å². The van der Waals surface area contributed by atoms with Crippen molar-refractivity contribution in [1.82, 2.24) is 5.16 Å². The van der Waals surface area contributed by atoms with Gasteiger partial charge in [-0.2, -0.15) is 0 Å². The summed E-state index contributed by atoms with van der Waals surface area (Å²) in [4.78, 5) is 23.6. The summed E-state index contributed by atoms with van der Waals surface area (Å²) in [6, 6.07) is 9.88. The number of fused-ring (bicyclic) bond motifs is 1. The van der Waals surface area contributed by atoms with Gasteiger partial charge >= 0.3 is 0 Å². The highest BCUT2D eigenvalue weighted by atomic mass is 16.6. The van der Waals surface area contributed by atoms with Crippen molar-refractivity contribution in [2.45, 2.75) is 33.1 Å². The van der Waals surface area contributed by atoms with Crippen LogP contribution < -0.4 is 14.8 Å². The van der Waals surface area contributed by atoms with Crippen molar-refractivity contribution in [3.05, 3.63) is 52.2 Å². The van der Waals surface area contributed by atoms with Crippen molar-refractivity contribution in [2.24, 2.45) is 0 Å². The van der Waals surface area contributed by atoms with Crippen molar-refractivity contribution in [2.75, 3.05) is 18.5 Å². The lowest BCUT2D eigenvalue weighted by atomic mass is 10.1. The number of rotatable bonds is 10. The fourth-order valence-electron chi connectivity index (χ4n) is 2.86. The highest BCUT2D eigenvalue weighted by Crippen LogP contribution is 2.38. The minimum Gasteiger partial charge on any atom is -0.490 e. The van der Waals surface area contributed by atoms with E-state index in [4.69, 9.17) is 14.0 Å². The summed E-state index contributed by atoms with van der Waals surface area (Å²) in [6.07, 6.45) is 1.41. The van der Waals surface area contributed by atoms with Crippen LogP contribution in [0.15, 0.2) is 40.9 Å². The molecule has 0 atom stereocenters. The van der Waals surface area contributed by atoms with Gasteiger partial charge in [-0.05, 0) is 25.0 Å². The first kappa shape index (κ1) is 21.1. The van der Waals surface area contributed by atoms with E-state index in [9.17, 15) is 14.9 Å². The van der Waals surface area contributed by atoms with Crippen LogP contribution in [0, 0.1) is 10.1 Å². The Kier molecular flexibility index (Phi) is 6.84. The van der Waals surface area contributed by atoms with Crippen LogP contribution in [-0.4, -0.2) is 29.2 Å². The lowest BCUT2D eigenvalue weighted by molar-refractivity contribution is -0.384. The number of carbonyl (C=O) groups is 1. The number of aromatic nitrogens is 1. The average molecular weight is 413 g/mol. The molecule has 1 N–H and O–H groups in total. The van der Waals surface area contributed by atoms with E-state index in [0.29, 0.717) is 30.2 Å². The maximum atomic E-state index is 12.6. The average Bonchev–Trinajstić information content (AvgIpc) is 3.13. The molecule has 0 spiro atoms. The molecule has 0 fully saturated rings. The Bertz CT molecular complexity index is 1050. The molecule has 0 bridgehead atoms. The Labute approximate surface area is 173 Å². The van der Waals surface area contributed by atoms with Crippen molar-refractivity contribution in [3.63, 3.8) is 0 Å². The SMILES string of the molecule is CCCOc1cc(NC(=O)Cc2noc3ccccc23)c([N+](=O)[O-])cc1OCCC. The molecule has 0 aliphatic heterocycles. The van der Waals surface area contributed by atoms with Gasteiger partial charge in [-0.3, -0.25) is 14.9 Å². The first-order valence-electron chi connectivity index (χ1n) is 9.74. The summed E-state index contributed by atoms with van der Waals surface area (Å²) in [5.41, 5.74) is 0.783. The number of para-hydroxylation sites is 1. The van der Waals surface area contributed by atoms with E-state index in [-0.39, 0.29) is 23.5 Å². The molecule has 9 nitrogen and oxygen atoms in total. The lowest BCUT2D eigenvalue weighted by Crippen LogP contribution is -2.16. The maximum absolute atomic E-state index is 12.6. The van der Waals surface area contributed by atoms with E-state index in [1.54, 1.807) is 18.2 Å². The molecule has 0 radical (unpaired) electrons. The molecule has 1 heterocycles. The predicted molar refractivity (Wildman–Crippen MR) is 111 cm³/mol. The van der Waals surface area contributed by atoms with Crippen LogP contribution in [0.3, 0.4) is 0 Å². The third-order valence-electron chi connectivity index (χ3n) is 4.24. The second kappa shape index (κ2) is 9.73. The van der Waals surface area contributed by atoms with Gasteiger partial charge in [-0.15, -0.1) is 0 Å². The quantitative estimate of drug-likeness (QED) is 0.384.